The van der Waals surface area contributed by atoms with E-state index in [4.69, 9.17) is 9.47 Å². The summed E-state index contributed by atoms with van der Waals surface area (Å²) in [6.07, 6.45) is 8.19. The Morgan fingerprint density at radius 1 is 1.33 bits per heavy atom. The van der Waals surface area contributed by atoms with Crippen LogP contribution in [0.2, 0.25) is 0 Å². The summed E-state index contributed by atoms with van der Waals surface area (Å²) in [4.78, 5) is 20.3. The van der Waals surface area contributed by atoms with Crippen molar-refractivity contribution in [3.8, 4) is 5.75 Å². The Bertz CT molecular complexity index is 647. The normalized spacial score (nSPS) is 32.3. The third kappa shape index (κ3) is 4.27. The topological polar surface area (TPSA) is 54.9 Å². The van der Waals surface area contributed by atoms with Crippen LogP contribution in [0.3, 0.4) is 0 Å². The molecule has 1 amide bonds. The summed E-state index contributed by atoms with van der Waals surface area (Å²) in [6, 6.07) is 4.44. The van der Waals surface area contributed by atoms with E-state index < -0.39 is 0 Å². The van der Waals surface area contributed by atoms with E-state index in [9.17, 15) is 4.79 Å². The minimum atomic E-state index is -0.223. The van der Waals surface area contributed by atoms with Crippen molar-refractivity contribution in [2.45, 2.75) is 57.3 Å². The zero-order chi connectivity index (χ0) is 18.9. The number of hydrogen-bond donors (Lipinski definition) is 0. The van der Waals surface area contributed by atoms with E-state index in [1.165, 1.54) is 0 Å². The lowest BCUT2D eigenvalue weighted by Gasteiger charge is -2.42. The standard InChI is InChI=1S/C21H31N3O3/c1-16(25)23-9-5-18(6-10-23)24-11-7-20-17(14-24)12-21(2,27-20)15-26-19-4-3-8-22-13-19/h3-4,8,13,17-18,20H,5-7,9-12,14-15H2,1-2H3/t17-,20+,21-/m1/s1. The molecule has 3 atom stereocenters. The molecular weight excluding hydrogens is 342 g/mol. The Morgan fingerprint density at radius 3 is 2.85 bits per heavy atom. The third-order valence-electron chi connectivity index (χ3n) is 6.43. The van der Waals surface area contributed by atoms with Crippen molar-refractivity contribution in [1.29, 1.82) is 0 Å². The first-order chi connectivity index (χ1) is 13.0. The highest BCUT2D eigenvalue weighted by Crippen LogP contribution is 2.40. The molecule has 0 radical (unpaired) electrons. The number of carbonyl (C=O) groups excluding carboxylic acids is 1. The molecule has 3 saturated heterocycles. The molecule has 3 aliphatic rings. The van der Waals surface area contributed by atoms with Gasteiger partial charge in [-0.05, 0) is 44.7 Å². The second-order valence-electron chi connectivity index (χ2n) is 8.57. The highest BCUT2D eigenvalue weighted by Gasteiger charge is 2.47. The minimum absolute atomic E-state index is 0.209. The number of likely N-dealkylation sites (tertiary alicyclic amines) is 2. The molecule has 148 valence electrons. The van der Waals surface area contributed by atoms with Crippen LogP contribution in [0.4, 0.5) is 0 Å². The van der Waals surface area contributed by atoms with E-state index in [-0.39, 0.29) is 11.5 Å². The first-order valence-corrected chi connectivity index (χ1v) is 10.2. The van der Waals surface area contributed by atoms with Crippen LogP contribution < -0.4 is 4.74 Å². The summed E-state index contributed by atoms with van der Waals surface area (Å²) >= 11 is 0. The Balaban J connectivity index is 1.29. The maximum Gasteiger partial charge on any atom is 0.219 e. The van der Waals surface area contributed by atoms with Gasteiger partial charge in [0.2, 0.25) is 5.91 Å². The second-order valence-corrected chi connectivity index (χ2v) is 8.57. The molecule has 1 aromatic rings. The van der Waals surface area contributed by atoms with Crippen LogP contribution >= 0.6 is 0 Å². The lowest BCUT2D eigenvalue weighted by Crippen LogP contribution is -2.51. The van der Waals surface area contributed by atoms with E-state index in [2.05, 4.69) is 16.8 Å². The van der Waals surface area contributed by atoms with Crippen molar-refractivity contribution < 1.29 is 14.3 Å². The third-order valence-corrected chi connectivity index (χ3v) is 6.43. The number of hydrogen-bond acceptors (Lipinski definition) is 5. The van der Waals surface area contributed by atoms with Crippen molar-refractivity contribution >= 4 is 5.91 Å². The number of ether oxygens (including phenoxy) is 2. The van der Waals surface area contributed by atoms with Gasteiger partial charge in [-0.25, -0.2) is 0 Å². The number of amides is 1. The molecule has 6 heteroatoms. The quantitative estimate of drug-likeness (QED) is 0.811. The van der Waals surface area contributed by atoms with Gasteiger partial charge in [0.1, 0.15) is 18.0 Å². The van der Waals surface area contributed by atoms with Gasteiger partial charge in [-0.15, -0.1) is 0 Å². The molecule has 4 rings (SSSR count). The highest BCUT2D eigenvalue weighted by atomic mass is 16.6. The Labute approximate surface area is 161 Å². The van der Waals surface area contributed by atoms with E-state index >= 15 is 0 Å². The smallest absolute Gasteiger partial charge is 0.219 e. The van der Waals surface area contributed by atoms with Crippen molar-refractivity contribution in [2.75, 3.05) is 32.8 Å². The number of aromatic nitrogens is 1. The van der Waals surface area contributed by atoms with Crippen LogP contribution in [-0.2, 0) is 9.53 Å². The van der Waals surface area contributed by atoms with Gasteiger partial charge >= 0.3 is 0 Å². The van der Waals surface area contributed by atoms with Crippen LogP contribution in [0, 0.1) is 5.92 Å². The summed E-state index contributed by atoms with van der Waals surface area (Å²) in [7, 11) is 0. The summed E-state index contributed by atoms with van der Waals surface area (Å²) in [6.45, 7) is 8.44. The monoisotopic (exact) mass is 373 g/mol. The van der Waals surface area contributed by atoms with Gasteiger partial charge in [-0.2, -0.15) is 0 Å². The number of piperidine rings is 2. The molecule has 0 aromatic carbocycles. The largest absolute Gasteiger partial charge is 0.489 e. The SMILES string of the molecule is CC(=O)N1CCC(N2CC[C@@H]3O[C@@](C)(COc4cccnc4)C[C@@H]3C2)CC1. The zero-order valence-corrected chi connectivity index (χ0v) is 16.5. The Kier molecular flexibility index (Phi) is 5.37. The molecule has 0 bridgehead atoms. The van der Waals surface area contributed by atoms with Gasteiger partial charge < -0.3 is 14.4 Å². The molecule has 0 N–H and O–H groups in total. The van der Waals surface area contributed by atoms with Crippen molar-refractivity contribution in [3.05, 3.63) is 24.5 Å². The molecule has 4 heterocycles. The number of rotatable bonds is 4. The molecule has 0 spiro atoms. The zero-order valence-electron chi connectivity index (χ0n) is 16.5. The van der Waals surface area contributed by atoms with Gasteiger partial charge in [0.05, 0.1) is 12.3 Å². The van der Waals surface area contributed by atoms with E-state index in [1.54, 1.807) is 19.3 Å². The number of pyridine rings is 1. The van der Waals surface area contributed by atoms with Gasteiger partial charge in [-0.1, -0.05) is 0 Å². The number of carbonyl (C=O) groups is 1. The Hall–Kier alpha value is -1.66. The molecule has 1 aromatic heterocycles. The highest BCUT2D eigenvalue weighted by molar-refractivity contribution is 5.73. The van der Waals surface area contributed by atoms with E-state index in [1.807, 2.05) is 17.0 Å². The molecule has 0 aliphatic carbocycles. The lowest BCUT2D eigenvalue weighted by atomic mass is 9.87. The Morgan fingerprint density at radius 2 is 2.15 bits per heavy atom. The first-order valence-electron chi connectivity index (χ1n) is 10.2. The number of fused-ring (bicyclic) bond motifs is 1. The van der Waals surface area contributed by atoms with Crippen molar-refractivity contribution in [1.82, 2.24) is 14.8 Å². The molecule has 0 saturated carbocycles. The minimum Gasteiger partial charge on any atom is -0.489 e. The maximum atomic E-state index is 11.5. The van der Waals surface area contributed by atoms with Gasteiger partial charge in [0.15, 0.2) is 0 Å². The van der Waals surface area contributed by atoms with Crippen molar-refractivity contribution in [3.63, 3.8) is 0 Å². The van der Waals surface area contributed by atoms with Crippen molar-refractivity contribution in [2.24, 2.45) is 5.92 Å². The molecule has 3 aliphatic heterocycles. The van der Waals surface area contributed by atoms with Gasteiger partial charge in [-0.3, -0.25) is 14.7 Å². The van der Waals surface area contributed by atoms with Crippen LogP contribution in [0.5, 0.6) is 5.75 Å². The summed E-state index contributed by atoms with van der Waals surface area (Å²) < 4.78 is 12.4. The predicted molar refractivity (Wildman–Crippen MR) is 103 cm³/mol. The van der Waals surface area contributed by atoms with Gasteiger partial charge in [0.25, 0.3) is 0 Å². The van der Waals surface area contributed by atoms with Gasteiger partial charge in [0, 0.05) is 51.3 Å². The summed E-state index contributed by atoms with van der Waals surface area (Å²) in [5, 5.41) is 0. The van der Waals surface area contributed by atoms with Crippen LogP contribution in [0.15, 0.2) is 24.5 Å². The molecule has 27 heavy (non-hydrogen) atoms. The van der Waals surface area contributed by atoms with Crippen LogP contribution in [0.1, 0.15) is 39.5 Å². The van der Waals surface area contributed by atoms with E-state index in [0.717, 1.165) is 57.6 Å². The van der Waals surface area contributed by atoms with Crippen LogP contribution in [-0.4, -0.2) is 71.2 Å². The fraction of sp³-hybridized carbons (Fsp3) is 0.714. The fourth-order valence-corrected chi connectivity index (χ4v) is 5.00. The van der Waals surface area contributed by atoms with E-state index in [0.29, 0.717) is 24.7 Å². The molecule has 0 unspecified atom stereocenters. The van der Waals surface area contributed by atoms with Crippen LogP contribution in [0.25, 0.3) is 0 Å². The lowest BCUT2D eigenvalue weighted by molar-refractivity contribution is -0.130. The molecular formula is C21H31N3O3. The second kappa shape index (κ2) is 7.76. The fourth-order valence-electron chi connectivity index (χ4n) is 5.00. The average molecular weight is 373 g/mol. The molecule has 6 nitrogen and oxygen atoms in total. The maximum absolute atomic E-state index is 11.5. The number of nitrogens with zero attached hydrogens (tertiary/aromatic N) is 3. The predicted octanol–water partition coefficient (Wildman–Crippen LogP) is 2.34. The average Bonchev–Trinajstić information content (AvgIpc) is 3.03. The first kappa shape index (κ1) is 18.7. The summed E-state index contributed by atoms with van der Waals surface area (Å²) in [5.41, 5.74) is -0.223. The summed E-state index contributed by atoms with van der Waals surface area (Å²) in [5.74, 6) is 1.59. The molecule has 3 fully saturated rings.